The van der Waals surface area contributed by atoms with Crippen molar-refractivity contribution in [1.82, 2.24) is 24.5 Å². The first-order chi connectivity index (χ1) is 13.1. The zero-order valence-electron chi connectivity index (χ0n) is 15.2. The summed E-state index contributed by atoms with van der Waals surface area (Å²) in [5.41, 5.74) is -1.58. The SMILES string of the molecule is Cn1ncc(NC(=O)c2c(Cl)c(C(F)(F)F)nn2C)c1C(=O)N1CCCCC1. The van der Waals surface area contributed by atoms with Crippen LogP contribution in [0.2, 0.25) is 5.02 Å². The van der Waals surface area contributed by atoms with Crippen molar-refractivity contribution in [3.05, 3.63) is 28.3 Å². The number of nitrogens with zero attached hydrogens (tertiary/aromatic N) is 5. The zero-order valence-corrected chi connectivity index (χ0v) is 15.9. The highest BCUT2D eigenvalue weighted by Gasteiger charge is 2.40. The summed E-state index contributed by atoms with van der Waals surface area (Å²) in [6, 6.07) is 0. The van der Waals surface area contributed by atoms with Crippen molar-refractivity contribution in [2.45, 2.75) is 25.4 Å². The van der Waals surface area contributed by atoms with Crippen molar-refractivity contribution in [2.24, 2.45) is 14.1 Å². The molecule has 0 unspecified atom stereocenters. The number of carbonyl (C=O) groups is 2. The van der Waals surface area contributed by atoms with E-state index in [-0.39, 0.29) is 17.3 Å². The van der Waals surface area contributed by atoms with E-state index in [1.54, 1.807) is 11.9 Å². The molecule has 0 spiro atoms. The van der Waals surface area contributed by atoms with Crippen LogP contribution in [0.3, 0.4) is 0 Å². The van der Waals surface area contributed by atoms with Gasteiger partial charge in [0.15, 0.2) is 5.69 Å². The number of rotatable bonds is 3. The quantitative estimate of drug-likeness (QED) is 0.830. The van der Waals surface area contributed by atoms with Crippen LogP contribution in [0.4, 0.5) is 18.9 Å². The second-order valence-corrected chi connectivity index (χ2v) is 6.85. The maximum absolute atomic E-state index is 13.0. The van der Waals surface area contributed by atoms with Crippen LogP contribution in [-0.4, -0.2) is 49.4 Å². The van der Waals surface area contributed by atoms with Gasteiger partial charge < -0.3 is 10.2 Å². The summed E-state index contributed by atoms with van der Waals surface area (Å²) in [4.78, 5) is 27.0. The molecule has 0 saturated carbocycles. The molecule has 28 heavy (non-hydrogen) atoms. The average molecular weight is 419 g/mol. The van der Waals surface area contributed by atoms with Crippen molar-refractivity contribution in [3.63, 3.8) is 0 Å². The summed E-state index contributed by atoms with van der Waals surface area (Å²) in [7, 11) is 2.73. The normalized spacial score (nSPS) is 15.0. The first-order valence-electron chi connectivity index (χ1n) is 8.53. The van der Waals surface area contributed by atoms with E-state index in [0.29, 0.717) is 13.1 Å². The van der Waals surface area contributed by atoms with Crippen LogP contribution < -0.4 is 5.32 Å². The number of aromatic nitrogens is 4. The predicted molar refractivity (Wildman–Crippen MR) is 94.1 cm³/mol. The summed E-state index contributed by atoms with van der Waals surface area (Å²) < 4.78 is 40.9. The van der Waals surface area contributed by atoms with Gasteiger partial charge in [-0.05, 0) is 19.3 Å². The number of hydrogen-bond donors (Lipinski definition) is 1. The Bertz CT molecular complexity index is 914. The average Bonchev–Trinajstić information content (AvgIpc) is 3.14. The Kier molecular flexibility index (Phi) is 5.37. The molecule has 1 aliphatic rings. The molecular formula is C16H18ClF3N6O2. The molecule has 1 fully saturated rings. The highest BCUT2D eigenvalue weighted by molar-refractivity contribution is 6.35. The van der Waals surface area contributed by atoms with Gasteiger partial charge in [-0.2, -0.15) is 23.4 Å². The van der Waals surface area contributed by atoms with Crippen LogP contribution in [0.1, 0.15) is 45.9 Å². The molecule has 2 aromatic heterocycles. The molecule has 1 N–H and O–H groups in total. The zero-order chi connectivity index (χ0) is 20.6. The van der Waals surface area contributed by atoms with E-state index in [2.05, 4.69) is 15.5 Å². The maximum atomic E-state index is 13.0. The van der Waals surface area contributed by atoms with Crippen molar-refractivity contribution < 1.29 is 22.8 Å². The summed E-state index contributed by atoms with van der Waals surface area (Å²) >= 11 is 5.74. The number of alkyl halides is 3. The Morgan fingerprint density at radius 3 is 2.32 bits per heavy atom. The molecule has 1 aliphatic heterocycles. The minimum Gasteiger partial charge on any atom is -0.337 e. The lowest BCUT2D eigenvalue weighted by molar-refractivity contribution is -0.141. The topological polar surface area (TPSA) is 85.0 Å². The maximum Gasteiger partial charge on any atom is 0.436 e. The van der Waals surface area contributed by atoms with Gasteiger partial charge in [-0.1, -0.05) is 11.6 Å². The van der Waals surface area contributed by atoms with Gasteiger partial charge >= 0.3 is 6.18 Å². The van der Waals surface area contributed by atoms with Gasteiger partial charge in [-0.25, -0.2) is 0 Å². The molecule has 0 aliphatic carbocycles. The van der Waals surface area contributed by atoms with Gasteiger partial charge in [0.2, 0.25) is 0 Å². The standard InChI is InChI=1S/C16H18ClF3N6O2/c1-24-11(15(28)26-6-4-3-5-7-26)9(8-21-24)22-14(27)12-10(17)13(16(18,19)20)23-25(12)2/h8H,3-7H2,1-2H3,(H,22,27). The lowest BCUT2D eigenvalue weighted by atomic mass is 10.1. The van der Waals surface area contributed by atoms with Crippen molar-refractivity contribution in [1.29, 1.82) is 0 Å². The Hall–Kier alpha value is -2.56. The first kappa shape index (κ1) is 20.2. The fourth-order valence-electron chi connectivity index (χ4n) is 3.14. The van der Waals surface area contributed by atoms with Crippen LogP contribution in [0.5, 0.6) is 0 Å². The lowest BCUT2D eigenvalue weighted by Crippen LogP contribution is -2.37. The molecule has 2 amide bonds. The van der Waals surface area contributed by atoms with E-state index in [0.717, 1.165) is 23.9 Å². The predicted octanol–water partition coefficient (Wildman–Crippen LogP) is 2.70. The number of nitrogens with one attached hydrogen (secondary N) is 1. The number of carbonyl (C=O) groups excluding carboxylic acids is 2. The van der Waals surface area contributed by atoms with E-state index in [1.165, 1.54) is 17.9 Å². The fraction of sp³-hybridized carbons (Fsp3) is 0.500. The number of aryl methyl sites for hydroxylation is 2. The Labute approximate surface area is 163 Å². The second-order valence-electron chi connectivity index (χ2n) is 6.47. The molecule has 0 bridgehead atoms. The van der Waals surface area contributed by atoms with Crippen LogP contribution in [0, 0.1) is 0 Å². The summed E-state index contributed by atoms with van der Waals surface area (Å²) in [5, 5.41) is 8.90. The highest BCUT2D eigenvalue weighted by atomic mass is 35.5. The fourth-order valence-corrected chi connectivity index (χ4v) is 3.49. The van der Waals surface area contributed by atoms with E-state index in [1.807, 2.05) is 0 Å². The van der Waals surface area contributed by atoms with Gasteiger partial charge in [0.1, 0.15) is 16.4 Å². The van der Waals surface area contributed by atoms with Crippen LogP contribution >= 0.6 is 11.6 Å². The van der Waals surface area contributed by atoms with E-state index in [4.69, 9.17) is 11.6 Å². The molecule has 3 rings (SSSR count). The van der Waals surface area contributed by atoms with Gasteiger partial charge in [-0.3, -0.25) is 19.0 Å². The van der Waals surface area contributed by atoms with Gasteiger partial charge in [-0.15, -0.1) is 0 Å². The van der Waals surface area contributed by atoms with Gasteiger partial charge in [0.25, 0.3) is 11.8 Å². The van der Waals surface area contributed by atoms with Crippen LogP contribution in [-0.2, 0) is 20.3 Å². The van der Waals surface area contributed by atoms with Crippen LogP contribution in [0.15, 0.2) is 6.20 Å². The lowest BCUT2D eigenvalue weighted by Gasteiger charge is -2.27. The van der Waals surface area contributed by atoms with E-state index in [9.17, 15) is 22.8 Å². The highest BCUT2D eigenvalue weighted by Crippen LogP contribution is 2.35. The molecule has 152 valence electrons. The molecule has 1 saturated heterocycles. The largest absolute Gasteiger partial charge is 0.436 e. The Morgan fingerprint density at radius 1 is 1.11 bits per heavy atom. The van der Waals surface area contributed by atoms with Crippen LogP contribution in [0.25, 0.3) is 0 Å². The Balaban J connectivity index is 1.88. The third-order valence-corrected chi connectivity index (χ3v) is 4.86. The van der Waals surface area contributed by atoms with Gasteiger partial charge in [0.05, 0.1) is 11.9 Å². The third-order valence-electron chi connectivity index (χ3n) is 4.51. The number of anilines is 1. The molecule has 8 nitrogen and oxygen atoms in total. The molecule has 0 atom stereocenters. The number of piperidine rings is 1. The molecule has 2 aromatic rings. The molecule has 12 heteroatoms. The summed E-state index contributed by atoms with van der Waals surface area (Å²) in [6.07, 6.45) is -0.716. The monoisotopic (exact) mass is 418 g/mol. The third kappa shape index (κ3) is 3.71. The van der Waals surface area contributed by atoms with Crippen molar-refractivity contribution in [2.75, 3.05) is 18.4 Å². The minimum absolute atomic E-state index is 0.0916. The second kappa shape index (κ2) is 7.46. The smallest absolute Gasteiger partial charge is 0.337 e. The number of halogens is 4. The number of likely N-dealkylation sites (tertiary alicyclic amines) is 1. The van der Waals surface area contributed by atoms with Crippen molar-refractivity contribution >= 4 is 29.1 Å². The number of hydrogen-bond acceptors (Lipinski definition) is 4. The minimum atomic E-state index is -4.79. The first-order valence-corrected chi connectivity index (χ1v) is 8.91. The number of amides is 2. The molecule has 0 radical (unpaired) electrons. The summed E-state index contributed by atoms with van der Waals surface area (Å²) in [6.45, 7) is 1.19. The van der Waals surface area contributed by atoms with E-state index < -0.39 is 28.5 Å². The molecular weight excluding hydrogens is 401 g/mol. The van der Waals surface area contributed by atoms with E-state index >= 15 is 0 Å². The molecule has 3 heterocycles. The molecule has 0 aromatic carbocycles. The van der Waals surface area contributed by atoms with Crippen molar-refractivity contribution in [3.8, 4) is 0 Å². The Morgan fingerprint density at radius 2 is 1.75 bits per heavy atom. The summed E-state index contributed by atoms with van der Waals surface area (Å²) in [5.74, 6) is -1.22. The van der Waals surface area contributed by atoms with Gasteiger partial charge in [0, 0.05) is 27.2 Å².